The Morgan fingerprint density at radius 1 is 1.12 bits per heavy atom. The van der Waals surface area contributed by atoms with Gasteiger partial charge in [0, 0.05) is 29.7 Å². The highest BCUT2D eigenvalue weighted by Gasteiger charge is 2.08. The summed E-state index contributed by atoms with van der Waals surface area (Å²) < 4.78 is 0. The van der Waals surface area contributed by atoms with Gasteiger partial charge in [-0.25, -0.2) is 0 Å². The van der Waals surface area contributed by atoms with Crippen molar-refractivity contribution in [2.24, 2.45) is 5.11 Å². The quantitative estimate of drug-likeness (QED) is 0.457. The number of nitrogens with zero attached hydrogens (tertiary/aromatic N) is 2. The first-order chi connectivity index (χ1) is 8.34. The second-order valence-corrected chi connectivity index (χ2v) is 5.94. The second kappa shape index (κ2) is 6.80. The molecular weight excluding hydrogens is 256 g/mol. The molecule has 0 spiro atoms. The van der Waals surface area contributed by atoms with Crippen molar-refractivity contribution >= 4 is 23.5 Å². The van der Waals surface area contributed by atoms with Crippen LogP contribution >= 0.6 is 23.5 Å². The van der Waals surface area contributed by atoms with Gasteiger partial charge in [-0.05, 0) is 12.8 Å². The third kappa shape index (κ3) is 4.51. The van der Waals surface area contributed by atoms with Crippen molar-refractivity contribution in [1.82, 2.24) is 10.6 Å². The lowest BCUT2D eigenvalue weighted by molar-refractivity contribution is -0.454. The van der Waals surface area contributed by atoms with Crippen molar-refractivity contribution in [3.05, 3.63) is 27.7 Å². The zero-order chi connectivity index (χ0) is 11.9. The summed E-state index contributed by atoms with van der Waals surface area (Å²) in [5.74, 6) is 2.15. The molecule has 0 aromatic rings. The van der Waals surface area contributed by atoms with Gasteiger partial charge in [-0.15, -0.1) is 23.5 Å². The van der Waals surface area contributed by atoms with Crippen molar-refractivity contribution in [2.75, 3.05) is 24.6 Å². The molecular formula is C10H16N4OS2. The SMILES string of the molecule is [O-][N+](/C=C1\NCCCS1)=N/C=C1\NCCCS1. The van der Waals surface area contributed by atoms with Crippen LogP contribution in [0.4, 0.5) is 0 Å². The molecule has 17 heavy (non-hydrogen) atoms. The minimum atomic E-state index is 0.616. The van der Waals surface area contributed by atoms with Gasteiger partial charge in [0.1, 0.15) is 11.2 Å². The van der Waals surface area contributed by atoms with Crippen LogP contribution in [0.25, 0.3) is 0 Å². The summed E-state index contributed by atoms with van der Waals surface area (Å²) in [6.45, 7) is 1.90. The van der Waals surface area contributed by atoms with Gasteiger partial charge in [-0.3, -0.25) is 0 Å². The van der Waals surface area contributed by atoms with E-state index in [4.69, 9.17) is 0 Å². The Kier molecular flexibility index (Phi) is 5.06. The standard InChI is InChI=1S/C10H16N4OS2/c15-14(8-10-12-4-2-6-17-10)13-7-9-11-3-1-5-16-9/h7-8,11-12H,1-6H2/b9-7+,10-8+,14-13+. The number of hydrogen-bond donors (Lipinski definition) is 2. The van der Waals surface area contributed by atoms with Crippen LogP contribution < -0.4 is 10.6 Å². The molecule has 2 aliphatic rings. The van der Waals surface area contributed by atoms with Crippen LogP contribution in [0.15, 0.2) is 27.6 Å². The van der Waals surface area contributed by atoms with E-state index in [0.717, 1.165) is 47.5 Å². The van der Waals surface area contributed by atoms with Crippen molar-refractivity contribution < 1.29 is 4.86 Å². The minimum absolute atomic E-state index is 0.616. The zero-order valence-electron chi connectivity index (χ0n) is 9.52. The Hall–Kier alpha value is -0.820. The van der Waals surface area contributed by atoms with Gasteiger partial charge in [-0.1, -0.05) is 4.86 Å². The van der Waals surface area contributed by atoms with E-state index in [1.807, 2.05) is 0 Å². The van der Waals surface area contributed by atoms with E-state index in [9.17, 15) is 5.21 Å². The third-order valence-corrected chi connectivity index (χ3v) is 4.38. The highest BCUT2D eigenvalue weighted by molar-refractivity contribution is 8.03. The number of thioether (sulfide) groups is 2. The molecule has 2 N–H and O–H groups in total. The summed E-state index contributed by atoms with van der Waals surface area (Å²) in [4.78, 5) is 0.616. The average molecular weight is 272 g/mol. The summed E-state index contributed by atoms with van der Waals surface area (Å²) in [6, 6.07) is 0. The largest absolute Gasteiger partial charge is 0.594 e. The summed E-state index contributed by atoms with van der Waals surface area (Å²) in [5, 5.41) is 23.6. The summed E-state index contributed by atoms with van der Waals surface area (Å²) in [7, 11) is 0. The van der Waals surface area contributed by atoms with Gasteiger partial charge in [-0.2, -0.15) is 0 Å². The molecule has 0 unspecified atom stereocenters. The number of hydrogen-bond acceptors (Lipinski definition) is 6. The molecule has 0 aromatic heterocycles. The van der Waals surface area contributed by atoms with Crippen LogP contribution in [0, 0.1) is 5.21 Å². The van der Waals surface area contributed by atoms with E-state index >= 15 is 0 Å². The fourth-order valence-electron chi connectivity index (χ4n) is 1.44. The van der Waals surface area contributed by atoms with Gasteiger partial charge in [0.05, 0.1) is 5.03 Å². The lowest BCUT2D eigenvalue weighted by Gasteiger charge is -2.14. The maximum Gasteiger partial charge on any atom is 0.239 e. The monoisotopic (exact) mass is 272 g/mol. The molecule has 5 nitrogen and oxygen atoms in total. The number of azo groups is 1. The Bertz CT molecular complexity index is 338. The Balaban J connectivity index is 1.91. The van der Waals surface area contributed by atoms with Crippen molar-refractivity contribution in [3.63, 3.8) is 0 Å². The zero-order valence-corrected chi connectivity index (χ0v) is 11.1. The average Bonchev–Trinajstić information content (AvgIpc) is 2.39. The van der Waals surface area contributed by atoms with E-state index in [2.05, 4.69) is 15.7 Å². The van der Waals surface area contributed by atoms with Crippen LogP contribution in [0.1, 0.15) is 12.8 Å². The predicted molar refractivity (Wildman–Crippen MR) is 72.4 cm³/mol. The first-order valence-corrected chi connectivity index (χ1v) is 7.64. The first kappa shape index (κ1) is 12.6. The highest BCUT2D eigenvalue weighted by Crippen LogP contribution is 2.19. The fraction of sp³-hybridized carbons (Fsp3) is 0.600. The first-order valence-electron chi connectivity index (χ1n) is 5.67. The van der Waals surface area contributed by atoms with Crippen molar-refractivity contribution in [1.29, 1.82) is 0 Å². The van der Waals surface area contributed by atoms with Gasteiger partial charge in [0.25, 0.3) is 0 Å². The van der Waals surface area contributed by atoms with Crippen LogP contribution in [0.5, 0.6) is 0 Å². The van der Waals surface area contributed by atoms with Crippen molar-refractivity contribution in [2.45, 2.75) is 12.8 Å². The van der Waals surface area contributed by atoms with Gasteiger partial charge >= 0.3 is 0 Å². The smallest absolute Gasteiger partial charge is 0.239 e. The molecule has 94 valence electrons. The molecule has 2 fully saturated rings. The Labute approximate surface area is 109 Å². The topological polar surface area (TPSA) is 62.5 Å². The number of hydroxylamine groups is 1. The van der Waals surface area contributed by atoms with Crippen LogP contribution in [0.3, 0.4) is 0 Å². The van der Waals surface area contributed by atoms with E-state index in [-0.39, 0.29) is 0 Å². The number of rotatable bonds is 2. The fourth-order valence-corrected chi connectivity index (χ4v) is 3.15. The molecule has 2 aliphatic heterocycles. The molecule has 0 radical (unpaired) electrons. The molecule has 0 amide bonds. The van der Waals surface area contributed by atoms with E-state index in [0.29, 0.717) is 4.86 Å². The maximum atomic E-state index is 11.5. The van der Waals surface area contributed by atoms with E-state index < -0.39 is 0 Å². The minimum Gasteiger partial charge on any atom is -0.594 e. The van der Waals surface area contributed by atoms with Gasteiger partial charge in [0.15, 0.2) is 0 Å². The summed E-state index contributed by atoms with van der Waals surface area (Å²) in [6.07, 6.45) is 5.39. The molecule has 0 bridgehead atoms. The molecule has 0 aliphatic carbocycles. The van der Waals surface area contributed by atoms with Gasteiger partial charge in [0.2, 0.25) is 6.20 Å². The molecule has 2 saturated heterocycles. The highest BCUT2D eigenvalue weighted by atomic mass is 32.2. The molecule has 0 atom stereocenters. The third-order valence-electron chi connectivity index (χ3n) is 2.27. The van der Waals surface area contributed by atoms with Crippen LogP contribution in [0.2, 0.25) is 0 Å². The summed E-state index contributed by atoms with van der Waals surface area (Å²) in [5.41, 5.74) is 0. The molecule has 7 heteroatoms. The maximum absolute atomic E-state index is 11.5. The lowest BCUT2D eigenvalue weighted by atomic mass is 10.5. The predicted octanol–water partition coefficient (Wildman–Crippen LogP) is 2.00. The lowest BCUT2D eigenvalue weighted by Crippen LogP contribution is -2.19. The van der Waals surface area contributed by atoms with Crippen LogP contribution in [-0.4, -0.2) is 29.5 Å². The van der Waals surface area contributed by atoms with E-state index in [1.165, 1.54) is 6.20 Å². The van der Waals surface area contributed by atoms with Crippen molar-refractivity contribution in [3.8, 4) is 0 Å². The second-order valence-electron chi connectivity index (χ2n) is 3.66. The Morgan fingerprint density at radius 2 is 1.76 bits per heavy atom. The van der Waals surface area contributed by atoms with Crippen LogP contribution in [-0.2, 0) is 0 Å². The van der Waals surface area contributed by atoms with Gasteiger partial charge < -0.3 is 15.8 Å². The normalized spacial score (nSPS) is 26.7. The Morgan fingerprint density at radius 3 is 2.35 bits per heavy atom. The molecule has 0 aromatic carbocycles. The molecule has 0 saturated carbocycles. The number of nitrogens with one attached hydrogen (secondary N) is 2. The molecule has 2 heterocycles. The van der Waals surface area contributed by atoms with E-state index in [1.54, 1.807) is 29.7 Å². The molecule has 2 rings (SSSR count). The summed E-state index contributed by atoms with van der Waals surface area (Å²) >= 11 is 3.36.